The number of methoxy groups -OCH3 is 1. The number of benzene rings is 1. The molecule has 19 heavy (non-hydrogen) atoms. The van der Waals surface area contributed by atoms with Gasteiger partial charge in [0.1, 0.15) is 12.2 Å². The number of hydrogen-bond donors (Lipinski definition) is 2. The number of ether oxygens (including phenoxy) is 1. The van der Waals surface area contributed by atoms with Crippen LogP contribution >= 0.6 is 24.0 Å². The predicted octanol–water partition coefficient (Wildman–Crippen LogP) is 2.15. The monoisotopic (exact) mass is 302 g/mol. The van der Waals surface area contributed by atoms with E-state index in [1.54, 1.807) is 24.3 Å². The van der Waals surface area contributed by atoms with Gasteiger partial charge in [-0.15, -0.1) is 12.4 Å². The van der Waals surface area contributed by atoms with E-state index in [4.69, 9.17) is 11.6 Å². The van der Waals surface area contributed by atoms with Crippen LogP contribution in [0.25, 0.3) is 10.9 Å². The van der Waals surface area contributed by atoms with E-state index in [-0.39, 0.29) is 24.9 Å². The minimum absolute atomic E-state index is 0. The van der Waals surface area contributed by atoms with Crippen molar-refractivity contribution in [3.8, 4) is 0 Å². The number of carbonyl (C=O) groups is 2. The summed E-state index contributed by atoms with van der Waals surface area (Å²) in [7, 11) is 1.26. The zero-order chi connectivity index (χ0) is 13.1. The van der Waals surface area contributed by atoms with Crippen molar-refractivity contribution in [1.82, 2.24) is 10.3 Å². The van der Waals surface area contributed by atoms with Crippen molar-refractivity contribution in [3.63, 3.8) is 0 Å². The van der Waals surface area contributed by atoms with Gasteiger partial charge in [-0.3, -0.25) is 9.59 Å². The normalized spacial score (nSPS) is 9.79. The molecule has 0 aliphatic carbocycles. The molecule has 2 rings (SSSR count). The Balaban J connectivity index is 0.00000180. The number of hydrogen-bond acceptors (Lipinski definition) is 3. The van der Waals surface area contributed by atoms with Crippen molar-refractivity contribution in [2.45, 2.75) is 0 Å². The Morgan fingerprint density at radius 1 is 1.37 bits per heavy atom. The van der Waals surface area contributed by atoms with Crippen LogP contribution in [0.4, 0.5) is 0 Å². The minimum atomic E-state index is -0.498. The van der Waals surface area contributed by atoms with E-state index in [1.165, 1.54) is 7.11 Å². The highest BCUT2D eigenvalue weighted by atomic mass is 35.5. The second-order valence-electron chi connectivity index (χ2n) is 3.67. The number of fused-ring (bicyclic) bond motifs is 1. The molecule has 0 saturated carbocycles. The summed E-state index contributed by atoms with van der Waals surface area (Å²) >= 11 is 5.85. The summed E-state index contributed by atoms with van der Waals surface area (Å²) < 4.78 is 4.43. The molecule has 2 N–H and O–H groups in total. The molecule has 0 unspecified atom stereocenters. The Hall–Kier alpha value is -1.72. The standard InChI is InChI=1S/C12H11ClN2O3.ClH/c1-18-11(16)6-14-12(17)10-5-7-4-8(13)2-3-9(7)15-10;/h2-5,15H,6H2,1H3,(H,14,17);1H. The number of aromatic nitrogens is 1. The molecule has 0 aliphatic rings. The lowest BCUT2D eigenvalue weighted by molar-refractivity contribution is -0.139. The van der Waals surface area contributed by atoms with E-state index in [2.05, 4.69) is 15.0 Å². The fraction of sp³-hybridized carbons (Fsp3) is 0.167. The molecule has 0 spiro atoms. The summed E-state index contributed by atoms with van der Waals surface area (Å²) in [5.74, 6) is -0.866. The molecule has 0 bridgehead atoms. The van der Waals surface area contributed by atoms with Crippen LogP contribution in [-0.2, 0) is 9.53 Å². The van der Waals surface area contributed by atoms with Gasteiger partial charge in [-0.25, -0.2) is 0 Å². The Labute approximate surface area is 120 Å². The van der Waals surface area contributed by atoms with Crippen molar-refractivity contribution in [2.24, 2.45) is 0 Å². The van der Waals surface area contributed by atoms with Crippen molar-refractivity contribution in [1.29, 1.82) is 0 Å². The van der Waals surface area contributed by atoms with E-state index in [9.17, 15) is 9.59 Å². The van der Waals surface area contributed by atoms with Gasteiger partial charge in [0.2, 0.25) is 0 Å². The van der Waals surface area contributed by atoms with Crippen LogP contribution in [0.15, 0.2) is 24.3 Å². The number of halogens is 2. The number of carbonyl (C=O) groups excluding carboxylic acids is 2. The molecule has 1 aromatic heterocycles. The van der Waals surface area contributed by atoms with Gasteiger partial charge in [-0.05, 0) is 24.3 Å². The third-order valence-electron chi connectivity index (χ3n) is 2.45. The van der Waals surface area contributed by atoms with Gasteiger partial charge in [0.25, 0.3) is 5.91 Å². The highest BCUT2D eigenvalue weighted by Gasteiger charge is 2.11. The molecule has 1 heterocycles. The SMILES string of the molecule is COC(=O)CNC(=O)c1cc2cc(Cl)ccc2[nH]1.Cl. The lowest BCUT2D eigenvalue weighted by atomic mass is 10.2. The molecule has 7 heteroatoms. The Bertz CT molecular complexity index is 610. The molecule has 2 aromatic rings. The number of amides is 1. The topological polar surface area (TPSA) is 71.2 Å². The highest BCUT2D eigenvalue weighted by Crippen LogP contribution is 2.19. The fourth-order valence-electron chi connectivity index (χ4n) is 1.55. The smallest absolute Gasteiger partial charge is 0.325 e. The maximum atomic E-state index is 11.7. The molecule has 0 atom stereocenters. The van der Waals surface area contributed by atoms with Crippen LogP contribution in [0.5, 0.6) is 0 Å². The fourth-order valence-corrected chi connectivity index (χ4v) is 1.73. The number of H-pyrrole nitrogens is 1. The second kappa shape index (κ2) is 6.45. The molecule has 0 saturated heterocycles. The Kier molecular flexibility index (Phi) is 5.20. The van der Waals surface area contributed by atoms with Crippen LogP contribution in [-0.4, -0.2) is 30.5 Å². The van der Waals surface area contributed by atoms with Gasteiger partial charge in [0, 0.05) is 15.9 Å². The summed E-state index contributed by atoms with van der Waals surface area (Å²) in [6.07, 6.45) is 0. The largest absolute Gasteiger partial charge is 0.468 e. The maximum absolute atomic E-state index is 11.7. The number of esters is 1. The molecular formula is C12H12Cl2N2O3. The van der Waals surface area contributed by atoms with Crippen molar-refractivity contribution >= 4 is 46.8 Å². The molecule has 1 amide bonds. The Morgan fingerprint density at radius 3 is 2.79 bits per heavy atom. The van der Waals surface area contributed by atoms with E-state index in [0.29, 0.717) is 10.7 Å². The van der Waals surface area contributed by atoms with Crippen LogP contribution < -0.4 is 5.32 Å². The molecule has 0 radical (unpaired) electrons. The van der Waals surface area contributed by atoms with Gasteiger partial charge in [0.15, 0.2) is 0 Å². The van der Waals surface area contributed by atoms with Crippen molar-refractivity contribution in [2.75, 3.05) is 13.7 Å². The zero-order valence-electron chi connectivity index (χ0n) is 10.0. The number of nitrogens with one attached hydrogen (secondary N) is 2. The van der Waals surface area contributed by atoms with Gasteiger partial charge in [-0.1, -0.05) is 11.6 Å². The first kappa shape index (κ1) is 15.3. The number of aromatic amines is 1. The molecule has 0 fully saturated rings. The predicted molar refractivity (Wildman–Crippen MR) is 74.9 cm³/mol. The summed E-state index contributed by atoms with van der Waals surface area (Å²) in [6.45, 7) is -0.161. The van der Waals surface area contributed by atoms with Crippen molar-refractivity contribution in [3.05, 3.63) is 35.0 Å². The maximum Gasteiger partial charge on any atom is 0.325 e. The van der Waals surface area contributed by atoms with E-state index < -0.39 is 5.97 Å². The first-order valence-electron chi connectivity index (χ1n) is 5.23. The van der Waals surface area contributed by atoms with Gasteiger partial charge in [0.05, 0.1) is 7.11 Å². The average molecular weight is 303 g/mol. The van der Waals surface area contributed by atoms with Gasteiger partial charge >= 0.3 is 5.97 Å². The van der Waals surface area contributed by atoms with Crippen LogP contribution in [0, 0.1) is 0 Å². The first-order valence-corrected chi connectivity index (χ1v) is 5.61. The summed E-state index contributed by atoms with van der Waals surface area (Å²) in [6, 6.07) is 6.95. The average Bonchev–Trinajstić information content (AvgIpc) is 2.78. The second-order valence-corrected chi connectivity index (χ2v) is 4.11. The van der Waals surface area contributed by atoms with E-state index in [0.717, 1.165) is 10.9 Å². The number of rotatable bonds is 3. The third-order valence-corrected chi connectivity index (χ3v) is 2.68. The van der Waals surface area contributed by atoms with E-state index in [1.807, 2.05) is 0 Å². The molecular weight excluding hydrogens is 291 g/mol. The molecule has 5 nitrogen and oxygen atoms in total. The minimum Gasteiger partial charge on any atom is -0.468 e. The molecule has 102 valence electrons. The Morgan fingerprint density at radius 2 is 2.11 bits per heavy atom. The lowest BCUT2D eigenvalue weighted by Crippen LogP contribution is -2.30. The van der Waals surface area contributed by atoms with Crippen LogP contribution in [0.2, 0.25) is 5.02 Å². The molecule has 1 aromatic carbocycles. The lowest BCUT2D eigenvalue weighted by Gasteiger charge is -2.01. The zero-order valence-corrected chi connectivity index (χ0v) is 11.6. The quantitative estimate of drug-likeness (QED) is 0.853. The van der Waals surface area contributed by atoms with Gasteiger partial charge < -0.3 is 15.0 Å². The van der Waals surface area contributed by atoms with Crippen LogP contribution in [0.3, 0.4) is 0 Å². The molecule has 0 aliphatic heterocycles. The van der Waals surface area contributed by atoms with Crippen molar-refractivity contribution < 1.29 is 14.3 Å². The highest BCUT2D eigenvalue weighted by molar-refractivity contribution is 6.31. The first-order chi connectivity index (χ1) is 8.60. The summed E-state index contributed by atoms with van der Waals surface area (Å²) in [5, 5.41) is 3.89. The summed E-state index contributed by atoms with van der Waals surface area (Å²) in [5.41, 5.74) is 1.18. The summed E-state index contributed by atoms with van der Waals surface area (Å²) in [4.78, 5) is 25.6. The van der Waals surface area contributed by atoms with Gasteiger partial charge in [-0.2, -0.15) is 0 Å². The van der Waals surface area contributed by atoms with E-state index >= 15 is 0 Å². The third kappa shape index (κ3) is 3.62. The van der Waals surface area contributed by atoms with Crippen LogP contribution in [0.1, 0.15) is 10.5 Å².